The number of carbonyl (C=O) groups is 3. The number of amides is 3. The number of fused-ring (bicyclic) bond motifs is 1. The molecule has 9 heteroatoms. The Morgan fingerprint density at radius 3 is 2.45 bits per heavy atom. The fraction of sp³-hybridized carbons (Fsp3) is 0.516. The molecule has 0 aliphatic carbocycles. The van der Waals surface area contributed by atoms with E-state index in [0.717, 1.165) is 33.3 Å². The van der Waals surface area contributed by atoms with Crippen molar-refractivity contribution in [3.63, 3.8) is 0 Å². The molecule has 1 aliphatic rings. The van der Waals surface area contributed by atoms with Gasteiger partial charge in [-0.3, -0.25) is 14.4 Å². The van der Waals surface area contributed by atoms with Gasteiger partial charge in [0, 0.05) is 16.7 Å². The van der Waals surface area contributed by atoms with Gasteiger partial charge in [0.25, 0.3) is 0 Å². The summed E-state index contributed by atoms with van der Waals surface area (Å²) in [5.74, 6) is -0.0270. The van der Waals surface area contributed by atoms with Crippen LogP contribution in [0, 0.1) is 9.49 Å². The quantitative estimate of drug-likeness (QED) is 0.364. The van der Waals surface area contributed by atoms with Gasteiger partial charge < -0.3 is 26.0 Å². The predicted molar refractivity (Wildman–Crippen MR) is 166 cm³/mol. The van der Waals surface area contributed by atoms with Crippen LogP contribution in [0.15, 0.2) is 48.5 Å². The summed E-state index contributed by atoms with van der Waals surface area (Å²) >= 11 is 2.26. The third-order valence-corrected chi connectivity index (χ3v) is 7.85. The fourth-order valence-electron chi connectivity index (χ4n) is 4.87. The second kappa shape index (κ2) is 16.0. The maximum atomic E-state index is 13.6. The predicted octanol–water partition coefficient (Wildman–Crippen LogP) is 3.92. The minimum absolute atomic E-state index is 0.159. The lowest BCUT2D eigenvalue weighted by Crippen LogP contribution is -2.58. The Hall–Kier alpha value is -2.66. The molecule has 8 nitrogen and oxygen atoms in total. The van der Waals surface area contributed by atoms with E-state index >= 15 is 0 Å². The summed E-state index contributed by atoms with van der Waals surface area (Å²) in [7, 11) is 0. The maximum Gasteiger partial charge on any atom is 0.243 e. The van der Waals surface area contributed by atoms with Crippen LogP contribution in [0.4, 0.5) is 0 Å². The SMILES string of the molecule is CCC[C@@H]1NC(=O)[C@@H](C(C)C)NC(=O)[C@@H](Cc2cccc(I)c2)NCCOc2ccccc2C(C)CCNC1=O. The van der Waals surface area contributed by atoms with Gasteiger partial charge in [0.2, 0.25) is 17.7 Å². The number of ether oxygens (including phenoxy) is 1. The highest BCUT2D eigenvalue weighted by molar-refractivity contribution is 14.1. The van der Waals surface area contributed by atoms with Gasteiger partial charge >= 0.3 is 0 Å². The van der Waals surface area contributed by atoms with Gasteiger partial charge in [0.15, 0.2) is 0 Å². The lowest BCUT2D eigenvalue weighted by Gasteiger charge is -2.28. The van der Waals surface area contributed by atoms with Crippen molar-refractivity contribution >= 4 is 40.3 Å². The van der Waals surface area contributed by atoms with Crippen LogP contribution >= 0.6 is 22.6 Å². The molecule has 218 valence electrons. The molecule has 0 fully saturated rings. The van der Waals surface area contributed by atoms with Crippen LogP contribution in [-0.4, -0.2) is 55.5 Å². The van der Waals surface area contributed by atoms with Crippen molar-refractivity contribution in [2.24, 2.45) is 5.92 Å². The molecule has 1 unspecified atom stereocenters. The van der Waals surface area contributed by atoms with Crippen LogP contribution < -0.4 is 26.0 Å². The molecule has 3 amide bonds. The Morgan fingerprint density at radius 2 is 1.73 bits per heavy atom. The van der Waals surface area contributed by atoms with Crippen molar-refractivity contribution in [2.75, 3.05) is 19.7 Å². The number of nitrogens with one attached hydrogen (secondary N) is 4. The van der Waals surface area contributed by atoms with Crippen molar-refractivity contribution in [2.45, 2.75) is 77.4 Å². The third kappa shape index (κ3) is 9.47. The van der Waals surface area contributed by atoms with E-state index in [-0.39, 0.29) is 29.6 Å². The Morgan fingerprint density at radius 1 is 0.950 bits per heavy atom. The highest BCUT2D eigenvalue weighted by Crippen LogP contribution is 2.28. The summed E-state index contributed by atoms with van der Waals surface area (Å²) in [6, 6.07) is 14.0. The van der Waals surface area contributed by atoms with Gasteiger partial charge in [-0.2, -0.15) is 0 Å². The summed E-state index contributed by atoms with van der Waals surface area (Å²) in [6.45, 7) is 9.19. The second-order valence-corrected chi connectivity index (χ2v) is 12.0. The Labute approximate surface area is 251 Å². The summed E-state index contributed by atoms with van der Waals surface area (Å²) < 4.78 is 7.24. The van der Waals surface area contributed by atoms with E-state index in [1.165, 1.54) is 0 Å². The zero-order valence-corrected chi connectivity index (χ0v) is 26.1. The van der Waals surface area contributed by atoms with Gasteiger partial charge in [0.05, 0.1) is 6.04 Å². The van der Waals surface area contributed by atoms with Gasteiger partial charge in [0.1, 0.15) is 24.4 Å². The van der Waals surface area contributed by atoms with E-state index in [4.69, 9.17) is 4.74 Å². The lowest BCUT2D eigenvalue weighted by molar-refractivity contribution is -0.133. The molecule has 0 spiro atoms. The number of benzene rings is 2. The Balaban J connectivity index is 1.89. The molecule has 3 rings (SSSR count). The monoisotopic (exact) mass is 662 g/mol. The van der Waals surface area contributed by atoms with E-state index in [2.05, 4.69) is 56.8 Å². The molecule has 2 aromatic carbocycles. The van der Waals surface area contributed by atoms with Crippen LogP contribution in [0.2, 0.25) is 0 Å². The molecule has 0 saturated heterocycles. The number of carbonyl (C=O) groups excluding carboxylic acids is 3. The second-order valence-electron chi connectivity index (χ2n) is 10.8. The van der Waals surface area contributed by atoms with Gasteiger partial charge in [-0.1, -0.05) is 64.4 Å². The molecule has 1 heterocycles. The molecule has 1 aliphatic heterocycles. The number of rotatable bonds is 5. The zero-order valence-electron chi connectivity index (χ0n) is 24.0. The smallest absolute Gasteiger partial charge is 0.243 e. The van der Waals surface area contributed by atoms with Crippen LogP contribution in [0.1, 0.15) is 64.0 Å². The van der Waals surface area contributed by atoms with Gasteiger partial charge in [-0.15, -0.1) is 0 Å². The average molecular weight is 663 g/mol. The summed E-state index contributed by atoms with van der Waals surface area (Å²) in [4.78, 5) is 40.0. The third-order valence-electron chi connectivity index (χ3n) is 7.18. The molecule has 4 atom stereocenters. The topological polar surface area (TPSA) is 109 Å². The Kier molecular flexibility index (Phi) is 12.7. The molecule has 0 saturated carbocycles. The minimum Gasteiger partial charge on any atom is -0.492 e. The maximum absolute atomic E-state index is 13.6. The molecule has 0 radical (unpaired) electrons. The molecular weight excluding hydrogens is 619 g/mol. The molecule has 40 heavy (non-hydrogen) atoms. The van der Waals surface area contributed by atoms with Crippen molar-refractivity contribution in [1.82, 2.24) is 21.3 Å². The number of hydrogen-bond donors (Lipinski definition) is 4. The Bertz CT molecular complexity index is 1140. The van der Waals surface area contributed by atoms with Crippen LogP contribution in [-0.2, 0) is 20.8 Å². The van der Waals surface area contributed by atoms with E-state index < -0.39 is 18.1 Å². The van der Waals surface area contributed by atoms with Crippen molar-refractivity contribution in [1.29, 1.82) is 0 Å². The zero-order chi connectivity index (χ0) is 29.1. The largest absolute Gasteiger partial charge is 0.492 e. The molecule has 4 N–H and O–H groups in total. The highest BCUT2D eigenvalue weighted by Gasteiger charge is 2.31. The summed E-state index contributed by atoms with van der Waals surface area (Å²) in [5, 5.41) is 12.2. The minimum atomic E-state index is -0.776. The first-order valence-corrected chi connectivity index (χ1v) is 15.4. The summed E-state index contributed by atoms with van der Waals surface area (Å²) in [5.41, 5.74) is 2.09. The molecule has 0 bridgehead atoms. The number of para-hydroxylation sites is 1. The summed E-state index contributed by atoms with van der Waals surface area (Å²) in [6.07, 6.45) is 2.45. The van der Waals surface area contributed by atoms with Gasteiger partial charge in [-0.25, -0.2) is 0 Å². The fourth-order valence-corrected chi connectivity index (χ4v) is 5.48. The van der Waals surface area contributed by atoms with E-state index in [0.29, 0.717) is 32.5 Å². The first-order valence-electron chi connectivity index (χ1n) is 14.3. The van der Waals surface area contributed by atoms with Crippen molar-refractivity contribution in [3.8, 4) is 5.75 Å². The van der Waals surface area contributed by atoms with E-state index in [1.807, 2.05) is 63.2 Å². The van der Waals surface area contributed by atoms with E-state index in [9.17, 15) is 14.4 Å². The van der Waals surface area contributed by atoms with Crippen LogP contribution in [0.25, 0.3) is 0 Å². The molecule has 2 aromatic rings. The average Bonchev–Trinajstić information content (AvgIpc) is 2.92. The lowest BCUT2D eigenvalue weighted by atomic mass is 9.96. The van der Waals surface area contributed by atoms with Crippen LogP contribution in [0.3, 0.4) is 0 Å². The van der Waals surface area contributed by atoms with Crippen molar-refractivity contribution in [3.05, 3.63) is 63.2 Å². The van der Waals surface area contributed by atoms with Crippen LogP contribution in [0.5, 0.6) is 5.75 Å². The van der Waals surface area contributed by atoms with E-state index in [1.54, 1.807) is 0 Å². The first kappa shape index (κ1) is 31.9. The number of halogens is 1. The molecule has 0 aromatic heterocycles. The normalized spacial score (nSPS) is 23.6. The number of hydrogen-bond acceptors (Lipinski definition) is 5. The molecular formula is C31H43IN4O4. The first-order chi connectivity index (χ1) is 19.2. The van der Waals surface area contributed by atoms with Gasteiger partial charge in [-0.05, 0) is 83.0 Å². The highest BCUT2D eigenvalue weighted by atomic mass is 127. The van der Waals surface area contributed by atoms with Crippen molar-refractivity contribution < 1.29 is 19.1 Å². The standard InChI is InChI=1S/C31H43IN4O4/c1-5-9-25-29(37)34-15-14-21(4)24-12-6-7-13-27(24)40-17-16-33-26(19-22-10-8-11-23(32)18-22)30(38)36-28(20(2)3)31(39)35-25/h6-8,10-13,18,20-21,25-26,28,33H,5,9,14-17,19H2,1-4H3,(H,34,37)(H,35,39)(H,36,38)/t21?,25-,26+,28+/m0/s1.